The maximum atomic E-state index is 12.7. The number of carbonyl (C=O) groups excluding carboxylic acids is 2. The smallest absolute Gasteiger partial charge is 0.291 e. The van der Waals surface area contributed by atoms with Gasteiger partial charge >= 0.3 is 0 Å². The molecule has 160 valence electrons. The van der Waals surface area contributed by atoms with Gasteiger partial charge in [0.25, 0.3) is 11.8 Å². The summed E-state index contributed by atoms with van der Waals surface area (Å²) in [6.07, 6.45) is 3.80. The first-order valence-corrected chi connectivity index (χ1v) is 10.8. The van der Waals surface area contributed by atoms with Gasteiger partial charge in [0.1, 0.15) is 23.1 Å². The van der Waals surface area contributed by atoms with Gasteiger partial charge in [0.05, 0.1) is 5.56 Å². The van der Waals surface area contributed by atoms with Crippen molar-refractivity contribution in [2.75, 3.05) is 12.1 Å². The Hall–Kier alpha value is -3.46. The van der Waals surface area contributed by atoms with Crippen LogP contribution in [0.2, 0.25) is 0 Å². The van der Waals surface area contributed by atoms with Gasteiger partial charge in [0.15, 0.2) is 17.3 Å². The van der Waals surface area contributed by atoms with E-state index in [-0.39, 0.29) is 19.2 Å². The molecule has 0 saturated heterocycles. The van der Waals surface area contributed by atoms with Crippen molar-refractivity contribution in [1.82, 2.24) is 0 Å². The first-order valence-electron chi connectivity index (χ1n) is 9.95. The first kappa shape index (κ1) is 19.5. The molecule has 1 aliphatic carbocycles. The number of nitrogens with one attached hydrogen (secondary N) is 1. The number of thiophene rings is 1. The summed E-state index contributed by atoms with van der Waals surface area (Å²) >= 11 is 1.42. The molecule has 1 aromatic carbocycles. The van der Waals surface area contributed by atoms with Crippen LogP contribution >= 0.6 is 11.3 Å². The average Bonchev–Trinajstić information content (AvgIpc) is 3.49. The lowest BCUT2D eigenvalue weighted by atomic mass is 9.95. The summed E-state index contributed by atoms with van der Waals surface area (Å²) in [5, 5.41) is 3.28. The third kappa shape index (κ3) is 3.84. The number of hydrogen-bond acceptors (Lipinski definition) is 7. The minimum atomic E-state index is -0.521. The van der Waals surface area contributed by atoms with Gasteiger partial charge in [0.2, 0.25) is 6.79 Å². The van der Waals surface area contributed by atoms with E-state index in [1.54, 1.807) is 30.3 Å². The molecule has 3 N–H and O–H groups in total. The van der Waals surface area contributed by atoms with Crippen molar-refractivity contribution in [1.29, 1.82) is 0 Å². The number of fused-ring (bicyclic) bond motifs is 2. The van der Waals surface area contributed by atoms with Crippen molar-refractivity contribution in [3.8, 4) is 17.2 Å². The summed E-state index contributed by atoms with van der Waals surface area (Å²) < 4.78 is 21.9. The van der Waals surface area contributed by atoms with Crippen molar-refractivity contribution in [3.05, 3.63) is 57.9 Å². The lowest BCUT2D eigenvalue weighted by molar-refractivity contribution is 0.0993. The number of aryl methyl sites for hydroxylation is 1. The summed E-state index contributed by atoms with van der Waals surface area (Å²) in [4.78, 5) is 25.8. The van der Waals surface area contributed by atoms with Gasteiger partial charge in [-0.05, 0) is 55.5 Å². The number of rotatable bonds is 6. The fourth-order valence-corrected chi connectivity index (χ4v) is 5.07. The summed E-state index contributed by atoms with van der Waals surface area (Å²) in [7, 11) is 0. The average molecular weight is 440 g/mol. The molecule has 1 aliphatic heterocycles. The molecule has 5 rings (SSSR count). The third-order valence-electron chi connectivity index (χ3n) is 5.26. The van der Waals surface area contributed by atoms with E-state index in [9.17, 15) is 9.59 Å². The lowest BCUT2D eigenvalue weighted by Crippen LogP contribution is -2.18. The van der Waals surface area contributed by atoms with Crippen LogP contribution in [0, 0.1) is 0 Å². The van der Waals surface area contributed by atoms with Crippen LogP contribution in [0.4, 0.5) is 5.00 Å². The van der Waals surface area contributed by atoms with Gasteiger partial charge in [0, 0.05) is 10.9 Å². The van der Waals surface area contributed by atoms with E-state index in [1.165, 1.54) is 11.3 Å². The van der Waals surface area contributed by atoms with Crippen molar-refractivity contribution >= 4 is 28.2 Å². The number of primary amides is 1. The fraction of sp³-hybridized carbons (Fsp3) is 0.273. The van der Waals surface area contributed by atoms with Crippen LogP contribution in [0.5, 0.6) is 17.2 Å². The Morgan fingerprint density at radius 3 is 2.81 bits per heavy atom. The van der Waals surface area contributed by atoms with Crippen LogP contribution < -0.4 is 25.3 Å². The van der Waals surface area contributed by atoms with Crippen LogP contribution in [0.3, 0.4) is 0 Å². The molecular formula is C22H20N2O6S. The molecule has 0 saturated carbocycles. The van der Waals surface area contributed by atoms with Crippen molar-refractivity contribution in [2.24, 2.45) is 5.73 Å². The number of furan rings is 1. The second-order valence-corrected chi connectivity index (χ2v) is 8.41. The summed E-state index contributed by atoms with van der Waals surface area (Å²) in [6.45, 7) is 0.340. The zero-order valence-electron chi connectivity index (χ0n) is 16.6. The second kappa shape index (κ2) is 7.99. The molecule has 8 nitrogen and oxygen atoms in total. The monoisotopic (exact) mass is 440 g/mol. The molecular weight excluding hydrogens is 420 g/mol. The number of carbonyl (C=O) groups is 2. The summed E-state index contributed by atoms with van der Waals surface area (Å²) in [5.74, 6) is 1.56. The highest BCUT2D eigenvalue weighted by molar-refractivity contribution is 7.17. The van der Waals surface area contributed by atoms with Crippen LogP contribution in [0.1, 0.15) is 50.0 Å². The predicted octanol–water partition coefficient (Wildman–Crippen LogP) is 3.88. The van der Waals surface area contributed by atoms with E-state index in [0.717, 1.165) is 36.1 Å². The molecule has 0 unspecified atom stereocenters. The Labute approximate surface area is 181 Å². The van der Waals surface area contributed by atoms with Crippen LogP contribution in [0.25, 0.3) is 0 Å². The minimum absolute atomic E-state index is 0.131. The second-order valence-electron chi connectivity index (χ2n) is 7.30. The summed E-state index contributed by atoms with van der Waals surface area (Å²) in [5.41, 5.74) is 6.98. The highest BCUT2D eigenvalue weighted by Gasteiger charge is 2.26. The SMILES string of the molecule is NC(=O)c1c(NC(=O)c2ccc(COc3ccc4c(c3)OCO4)o2)sc2c1CCCC2. The molecule has 2 amide bonds. The topological polar surface area (TPSA) is 113 Å². The van der Waals surface area contributed by atoms with E-state index in [1.807, 2.05) is 0 Å². The first-order chi connectivity index (χ1) is 15.1. The normalized spacial score (nSPS) is 14.2. The molecule has 0 fully saturated rings. The quantitative estimate of drug-likeness (QED) is 0.601. The van der Waals surface area contributed by atoms with E-state index < -0.39 is 11.8 Å². The molecule has 3 heterocycles. The lowest BCUT2D eigenvalue weighted by Gasteiger charge is -2.11. The maximum Gasteiger partial charge on any atom is 0.291 e. The van der Waals surface area contributed by atoms with E-state index in [2.05, 4.69) is 5.32 Å². The standard InChI is InChI=1S/C22H20N2O6S/c23-20(25)19-14-3-1-2-4-18(14)31-22(19)24-21(26)16-8-6-13(30-16)10-27-12-5-7-15-17(9-12)29-11-28-15/h5-9H,1-4,10-11H2,(H2,23,25)(H,24,26). The van der Waals surface area contributed by atoms with Gasteiger partial charge in [-0.2, -0.15) is 0 Å². The van der Waals surface area contributed by atoms with E-state index in [0.29, 0.717) is 33.6 Å². The zero-order chi connectivity index (χ0) is 21.4. The Morgan fingerprint density at radius 1 is 1.10 bits per heavy atom. The molecule has 0 radical (unpaired) electrons. The molecule has 0 bridgehead atoms. The molecule has 0 spiro atoms. The Bertz CT molecular complexity index is 1160. The van der Waals surface area contributed by atoms with Crippen molar-refractivity contribution < 1.29 is 28.2 Å². The molecule has 3 aromatic rings. The van der Waals surface area contributed by atoms with Crippen LogP contribution in [-0.4, -0.2) is 18.6 Å². The number of hydrogen-bond donors (Lipinski definition) is 2. The predicted molar refractivity (Wildman–Crippen MR) is 113 cm³/mol. The molecule has 9 heteroatoms. The van der Waals surface area contributed by atoms with E-state index in [4.69, 9.17) is 24.4 Å². The number of anilines is 1. The third-order valence-corrected chi connectivity index (χ3v) is 6.46. The molecule has 2 aliphatic rings. The van der Waals surface area contributed by atoms with Gasteiger partial charge in [-0.3, -0.25) is 9.59 Å². The largest absolute Gasteiger partial charge is 0.486 e. The maximum absolute atomic E-state index is 12.7. The molecule has 2 aromatic heterocycles. The Morgan fingerprint density at radius 2 is 1.94 bits per heavy atom. The highest BCUT2D eigenvalue weighted by atomic mass is 32.1. The zero-order valence-corrected chi connectivity index (χ0v) is 17.4. The summed E-state index contributed by atoms with van der Waals surface area (Å²) in [6, 6.07) is 8.54. The number of ether oxygens (including phenoxy) is 3. The number of amides is 2. The highest BCUT2D eigenvalue weighted by Crippen LogP contribution is 2.38. The Kier molecular flexibility index (Phi) is 5.03. The number of benzene rings is 1. The number of nitrogens with two attached hydrogens (primary N) is 1. The fourth-order valence-electron chi connectivity index (χ4n) is 3.78. The van der Waals surface area contributed by atoms with E-state index >= 15 is 0 Å². The molecule has 0 atom stereocenters. The van der Waals surface area contributed by atoms with Gasteiger partial charge in [-0.25, -0.2) is 0 Å². The minimum Gasteiger partial charge on any atom is -0.486 e. The van der Waals surface area contributed by atoms with Crippen molar-refractivity contribution in [2.45, 2.75) is 32.3 Å². The van der Waals surface area contributed by atoms with Gasteiger partial charge < -0.3 is 29.7 Å². The Balaban J connectivity index is 1.26. The van der Waals surface area contributed by atoms with Crippen LogP contribution in [0.15, 0.2) is 34.7 Å². The van der Waals surface area contributed by atoms with Crippen molar-refractivity contribution in [3.63, 3.8) is 0 Å². The van der Waals surface area contributed by atoms with Gasteiger partial charge in [-0.15, -0.1) is 11.3 Å². The van der Waals surface area contributed by atoms with Crippen LogP contribution in [-0.2, 0) is 19.4 Å². The van der Waals surface area contributed by atoms with Gasteiger partial charge in [-0.1, -0.05) is 0 Å². The molecule has 31 heavy (non-hydrogen) atoms.